The average molecular weight is 432 g/mol. The molecule has 10 nitrogen and oxygen atoms in total. The van der Waals surface area contributed by atoms with Crippen molar-refractivity contribution in [3.8, 4) is 11.4 Å². The molecule has 1 amide bonds. The average Bonchev–Trinajstić information content (AvgIpc) is 3.35. The summed E-state index contributed by atoms with van der Waals surface area (Å²) in [7, 11) is 0. The minimum atomic E-state index is -0.241. The summed E-state index contributed by atoms with van der Waals surface area (Å²) in [6.07, 6.45) is 1.55. The van der Waals surface area contributed by atoms with Crippen LogP contribution in [0.2, 0.25) is 0 Å². The van der Waals surface area contributed by atoms with Crippen molar-refractivity contribution < 1.29 is 9.21 Å². The standard InChI is InChI=1S/C17H17N7O3S2/c1-7-12(8(2)19-14-13(7)29-17(26)21-14)20-11(25)6-28-16-23-22-15(24(16)18)10-4-5-27-9(10)3/h4-5H,6,18H2,1-3H3,(H,20,25)(H,19,21,26). The molecule has 0 aliphatic heterocycles. The summed E-state index contributed by atoms with van der Waals surface area (Å²) in [6, 6.07) is 1.76. The summed E-state index contributed by atoms with van der Waals surface area (Å²) < 4.78 is 7.33. The number of aryl methyl sites for hydroxylation is 3. The van der Waals surface area contributed by atoms with Crippen LogP contribution in [0.5, 0.6) is 0 Å². The molecule has 4 heterocycles. The number of amides is 1. The predicted molar refractivity (Wildman–Crippen MR) is 112 cm³/mol. The molecule has 0 spiro atoms. The van der Waals surface area contributed by atoms with E-state index in [-0.39, 0.29) is 16.5 Å². The number of thiazole rings is 1. The number of hydrogen-bond donors (Lipinski definition) is 3. The molecule has 0 fully saturated rings. The molecule has 0 radical (unpaired) electrons. The molecule has 0 bridgehead atoms. The number of furan rings is 1. The molecule has 0 aliphatic rings. The zero-order chi connectivity index (χ0) is 20.7. The zero-order valence-corrected chi connectivity index (χ0v) is 17.4. The Morgan fingerprint density at radius 2 is 2.17 bits per heavy atom. The summed E-state index contributed by atoms with van der Waals surface area (Å²) in [6.45, 7) is 5.43. The van der Waals surface area contributed by atoms with E-state index < -0.39 is 0 Å². The number of nitrogen functional groups attached to an aromatic ring is 1. The van der Waals surface area contributed by atoms with Gasteiger partial charge in [0.05, 0.1) is 33.7 Å². The van der Waals surface area contributed by atoms with Crippen LogP contribution in [0.3, 0.4) is 0 Å². The van der Waals surface area contributed by atoms with Gasteiger partial charge >= 0.3 is 4.87 Å². The number of aromatic amines is 1. The van der Waals surface area contributed by atoms with Crippen molar-refractivity contribution >= 4 is 45.0 Å². The van der Waals surface area contributed by atoms with Crippen LogP contribution in [0.15, 0.2) is 26.7 Å². The van der Waals surface area contributed by atoms with Crippen molar-refractivity contribution in [3.05, 3.63) is 39.0 Å². The van der Waals surface area contributed by atoms with Gasteiger partial charge < -0.3 is 15.6 Å². The third kappa shape index (κ3) is 3.51. The number of hydrogen-bond acceptors (Lipinski definition) is 9. The molecule has 0 aromatic carbocycles. The van der Waals surface area contributed by atoms with Crippen LogP contribution < -0.4 is 16.0 Å². The summed E-state index contributed by atoms with van der Waals surface area (Å²) in [4.78, 5) is 30.9. The monoisotopic (exact) mass is 431 g/mol. The third-order valence-electron chi connectivity index (χ3n) is 4.35. The van der Waals surface area contributed by atoms with Crippen molar-refractivity contribution in [2.24, 2.45) is 0 Å². The highest BCUT2D eigenvalue weighted by atomic mass is 32.2. The number of anilines is 1. The van der Waals surface area contributed by atoms with Crippen LogP contribution in [0.1, 0.15) is 17.0 Å². The largest absolute Gasteiger partial charge is 0.469 e. The number of carbonyl (C=O) groups excluding carboxylic acids is 1. The lowest BCUT2D eigenvalue weighted by Gasteiger charge is -2.11. The molecule has 4 aromatic rings. The minimum Gasteiger partial charge on any atom is -0.469 e. The highest BCUT2D eigenvalue weighted by Crippen LogP contribution is 2.28. The fraction of sp³-hybridized carbons (Fsp3) is 0.235. The summed E-state index contributed by atoms with van der Waals surface area (Å²) in [5, 5.41) is 11.4. The molecule has 4 N–H and O–H groups in total. The van der Waals surface area contributed by atoms with E-state index >= 15 is 0 Å². The van der Waals surface area contributed by atoms with E-state index in [1.165, 1.54) is 16.4 Å². The Bertz CT molecular complexity index is 1280. The molecular weight excluding hydrogens is 414 g/mol. The lowest BCUT2D eigenvalue weighted by atomic mass is 10.2. The fourth-order valence-corrected chi connectivity index (χ4v) is 4.37. The second kappa shape index (κ2) is 7.37. The van der Waals surface area contributed by atoms with Gasteiger partial charge in [-0.15, -0.1) is 10.2 Å². The normalized spacial score (nSPS) is 11.3. The second-order valence-electron chi connectivity index (χ2n) is 6.29. The van der Waals surface area contributed by atoms with Gasteiger partial charge in [0.15, 0.2) is 11.5 Å². The molecule has 0 atom stereocenters. The van der Waals surface area contributed by atoms with Gasteiger partial charge in [-0.3, -0.25) is 14.6 Å². The Kier molecular flexibility index (Phi) is 4.88. The number of H-pyrrole nitrogens is 1. The smallest absolute Gasteiger partial charge is 0.306 e. The van der Waals surface area contributed by atoms with E-state index in [0.717, 1.165) is 27.2 Å². The molecule has 4 rings (SSSR count). The maximum absolute atomic E-state index is 12.5. The van der Waals surface area contributed by atoms with Gasteiger partial charge in [0.25, 0.3) is 0 Å². The Morgan fingerprint density at radius 1 is 1.38 bits per heavy atom. The first-order valence-corrected chi connectivity index (χ1v) is 10.3. The predicted octanol–water partition coefficient (Wildman–Crippen LogP) is 2.21. The van der Waals surface area contributed by atoms with Gasteiger partial charge in [-0.05, 0) is 32.4 Å². The van der Waals surface area contributed by atoms with Gasteiger partial charge in [-0.2, -0.15) is 0 Å². The first-order valence-electron chi connectivity index (χ1n) is 8.52. The molecule has 0 saturated carbocycles. The lowest BCUT2D eigenvalue weighted by molar-refractivity contribution is -0.113. The van der Waals surface area contributed by atoms with Crippen molar-refractivity contribution in [3.63, 3.8) is 0 Å². The van der Waals surface area contributed by atoms with Crippen molar-refractivity contribution in [1.82, 2.24) is 24.8 Å². The van der Waals surface area contributed by atoms with Crippen LogP contribution in [0.4, 0.5) is 5.69 Å². The fourth-order valence-electron chi connectivity index (χ4n) is 2.93. The molecule has 150 valence electrons. The topological polar surface area (TPSA) is 145 Å². The van der Waals surface area contributed by atoms with Gasteiger partial charge in [0.1, 0.15) is 5.76 Å². The molecule has 0 unspecified atom stereocenters. The molecular formula is C17H17N7O3S2. The van der Waals surface area contributed by atoms with Crippen LogP contribution in [-0.4, -0.2) is 36.5 Å². The molecule has 4 aromatic heterocycles. The number of pyridine rings is 1. The quantitative estimate of drug-likeness (QED) is 0.322. The van der Waals surface area contributed by atoms with E-state index in [2.05, 4.69) is 25.5 Å². The lowest BCUT2D eigenvalue weighted by Crippen LogP contribution is -2.18. The number of thioether (sulfide) groups is 1. The van der Waals surface area contributed by atoms with Gasteiger partial charge in [0, 0.05) is 0 Å². The summed E-state index contributed by atoms with van der Waals surface area (Å²) in [5.41, 5.74) is 3.30. The summed E-state index contributed by atoms with van der Waals surface area (Å²) >= 11 is 2.23. The minimum absolute atomic E-state index is 0.0833. The van der Waals surface area contributed by atoms with Gasteiger partial charge in [0.2, 0.25) is 11.1 Å². The molecule has 29 heavy (non-hydrogen) atoms. The van der Waals surface area contributed by atoms with Crippen molar-refractivity contribution in [1.29, 1.82) is 0 Å². The van der Waals surface area contributed by atoms with Crippen molar-refractivity contribution in [2.75, 3.05) is 16.9 Å². The van der Waals surface area contributed by atoms with E-state index in [0.29, 0.717) is 33.8 Å². The first kappa shape index (κ1) is 19.2. The van der Waals surface area contributed by atoms with Gasteiger partial charge in [-0.1, -0.05) is 23.1 Å². The Labute approximate surface area is 172 Å². The number of fused-ring (bicyclic) bond motifs is 1. The van der Waals surface area contributed by atoms with Crippen LogP contribution in [0.25, 0.3) is 21.7 Å². The maximum atomic E-state index is 12.5. The number of nitrogens with two attached hydrogens (primary N) is 1. The van der Waals surface area contributed by atoms with Gasteiger partial charge in [-0.25, -0.2) is 9.66 Å². The highest BCUT2D eigenvalue weighted by molar-refractivity contribution is 7.99. The number of rotatable bonds is 5. The highest BCUT2D eigenvalue weighted by Gasteiger charge is 2.18. The third-order valence-corrected chi connectivity index (χ3v) is 6.28. The molecule has 0 aliphatic carbocycles. The Balaban J connectivity index is 1.49. The zero-order valence-electron chi connectivity index (χ0n) is 15.8. The maximum Gasteiger partial charge on any atom is 0.306 e. The van der Waals surface area contributed by atoms with Crippen molar-refractivity contribution in [2.45, 2.75) is 25.9 Å². The van der Waals surface area contributed by atoms with Crippen LogP contribution >= 0.6 is 23.1 Å². The molecule has 0 saturated heterocycles. The second-order valence-corrected chi connectivity index (χ2v) is 8.22. The van der Waals surface area contributed by atoms with E-state index in [1.807, 2.05) is 6.92 Å². The van der Waals surface area contributed by atoms with Crippen LogP contribution in [0, 0.1) is 20.8 Å². The van der Waals surface area contributed by atoms with E-state index in [9.17, 15) is 9.59 Å². The molecule has 12 heteroatoms. The number of nitrogens with zero attached hydrogens (tertiary/aromatic N) is 4. The van der Waals surface area contributed by atoms with E-state index in [4.69, 9.17) is 10.3 Å². The number of nitrogens with one attached hydrogen (secondary N) is 2. The van der Waals surface area contributed by atoms with Crippen LogP contribution in [-0.2, 0) is 4.79 Å². The number of aromatic nitrogens is 5. The first-order chi connectivity index (χ1) is 13.8. The Morgan fingerprint density at radius 3 is 2.90 bits per heavy atom. The number of carbonyl (C=O) groups is 1. The summed E-state index contributed by atoms with van der Waals surface area (Å²) in [5.74, 6) is 7.05. The Hall–Kier alpha value is -3.12. The van der Waals surface area contributed by atoms with E-state index in [1.54, 1.807) is 26.2 Å². The SMILES string of the molecule is Cc1nc2[nH]c(=O)sc2c(C)c1NC(=O)CSc1nnc(-c2ccoc2C)n1N.